The Balaban J connectivity index is 1.79. The molecule has 0 radical (unpaired) electrons. The molecule has 2 aromatic carbocycles. The zero-order chi connectivity index (χ0) is 15.1. The zero-order valence-corrected chi connectivity index (χ0v) is 13.1. The van der Waals surface area contributed by atoms with E-state index in [9.17, 15) is 0 Å². The second-order valence-corrected chi connectivity index (χ2v) is 5.17. The van der Waals surface area contributed by atoms with Crippen molar-refractivity contribution in [3.63, 3.8) is 0 Å². The molecule has 2 rings (SSSR count). The molecule has 112 valence electrons. The predicted molar refractivity (Wildman–Crippen MR) is 86.4 cm³/mol. The van der Waals surface area contributed by atoms with Crippen LogP contribution in [-0.4, -0.2) is 20.3 Å². The molecular formula is C17H20ClNO2. The summed E-state index contributed by atoms with van der Waals surface area (Å²) in [6.07, 6.45) is 0. The Kier molecular flexibility index (Phi) is 5.90. The van der Waals surface area contributed by atoms with Gasteiger partial charge in [-0.1, -0.05) is 35.9 Å². The standard InChI is InChI=1S/C17H20ClNO2/c1-13(14-6-5-7-15(18)12-14)19-10-11-21-17-9-4-3-8-16(17)20-2/h3-9,12-13,19H,10-11H2,1-2H3. The lowest BCUT2D eigenvalue weighted by atomic mass is 10.1. The van der Waals surface area contributed by atoms with E-state index < -0.39 is 0 Å². The Hall–Kier alpha value is -1.71. The molecule has 0 heterocycles. The highest BCUT2D eigenvalue weighted by atomic mass is 35.5. The smallest absolute Gasteiger partial charge is 0.161 e. The largest absolute Gasteiger partial charge is 0.493 e. The number of hydrogen-bond donors (Lipinski definition) is 1. The lowest BCUT2D eigenvalue weighted by Crippen LogP contribution is -2.24. The van der Waals surface area contributed by atoms with Gasteiger partial charge in [0, 0.05) is 17.6 Å². The number of hydrogen-bond acceptors (Lipinski definition) is 3. The van der Waals surface area contributed by atoms with Crippen molar-refractivity contribution in [1.29, 1.82) is 0 Å². The zero-order valence-electron chi connectivity index (χ0n) is 12.3. The average molecular weight is 306 g/mol. The number of nitrogens with one attached hydrogen (secondary N) is 1. The molecule has 0 saturated carbocycles. The first-order valence-corrected chi connectivity index (χ1v) is 7.33. The molecule has 0 aromatic heterocycles. The SMILES string of the molecule is COc1ccccc1OCCNC(C)c1cccc(Cl)c1. The first kappa shape index (κ1) is 15.7. The van der Waals surface area contributed by atoms with Crippen LogP contribution in [0.1, 0.15) is 18.5 Å². The Morgan fingerprint density at radius 3 is 2.57 bits per heavy atom. The minimum Gasteiger partial charge on any atom is -0.493 e. The molecule has 2 aromatic rings. The van der Waals surface area contributed by atoms with Crippen LogP contribution in [0.2, 0.25) is 5.02 Å². The van der Waals surface area contributed by atoms with E-state index >= 15 is 0 Å². The Bertz CT molecular complexity index is 574. The van der Waals surface area contributed by atoms with Crippen LogP contribution in [0.4, 0.5) is 0 Å². The Labute approximate surface area is 130 Å². The first-order valence-electron chi connectivity index (χ1n) is 6.95. The van der Waals surface area contributed by atoms with E-state index in [1.165, 1.54) is 5.56 Å². The number of rotatable bonds is 7. The van der Waals surface area contributed by atoms with Gasteiger partial charge < -0.3 is 14.8 Å². The molecule has 3 nitrogen and oxygen atoms in total. The third-order valence-electron chi connectivity index (χ3n) is 3.23. The summed E-state index contributed by atoms with van der Waals surface area (Å²) < 4.78 is 11.0. The van der Waals surface area contributed by atoms with Gasteiger partial charge in [-0.05, 0) is 36.8 Å². The lowest BCUT2D eigenvalue weighted by Gasteiger charge is -2.15. The quantitative estimate of drug-likeness (QED) is 0.782. The lowest BCUT2D eigenvalue weighted by molar-refractivity contribution is 0.288. The molecule has 0 aliphatic rings. The number of para-hydroxylation sites is 2. The van der Waals surface area contributed by atoms with E-state index in [4.69, 9.17) is 21.1 Å². The fraction of sp³-hybridized carbons (Fsp3) is 0.294. The van der Waals surface area contributed by atoms with E-state index in [0.29, 0.717) is 6.61 Å². The van der Waals surface area contributed by atoms with Crippen LogP contribution < -0.4 is 14.8 Å². The molecule has 0 saturated heterocycles. The predicted octanol–water partition coefficient (Wildman–Crippen LogP) is 4.08. The van der Waals surface area contributed by atoms with E-state index in [1.807, 2.05) is 42.5 Å². The van der Waals surface area contributed by atoms with Crippen LogP contribution in [0.5, 0.6) is 11.5 Å². The van der Waals surface area contributed by atoms with E-state index in [1.54, 1.807) is 7.11 Å². The molecule has 1 unspecified atom stereocenters. The van der Waals surface area contributed by atoms with Crippen molar-refractivity contribution in [3.05, 3.63) is 59.1 Å². The molecule has 21 heavy (non-hydrogen) atoms. The summed E-state index contributed by atoms with van der Waals surface area (Å²) in [6.45, 7) is 3.42. The van der Waals surface area contributed by atoms with Crippen molar-refractivity contribution >= 4 is 11.6 Å². The summed E-state index contributed by atoms with van der Waals surface area (Å²) in [4.78, 5) is 0. The van der Waals surface area contributed by atoms with Crippen molar-refractivity contribution in [3.8, 4) is 11.5 Å². The fourth-order valence-corrected chi connectivity index (χ4v) is 2.27. The molecule has 0 bridgehead atoms. The number of benzene rings is 2. The minimum atomic E-state index is 0.227. The third-order valence-corrected chi connectivity index (χ3v) is 3.46. The van der Waals surface area contributed by atoms with E-state index in [-0.39, 0.29) is 6.04 Å². The van der Waals surface area contributed by atoms with Crippen LogP contribution >= 0.6 is 11.6 Å². The van der Waals surface area contributed by atoms with Crippen molar-refractivity contribution in [1.82, 2.24) is 5.32 Å². The summed E-state index contributed by atoms with van der Waals surface area (Å²) in [5, 5.41) is 4.17. The van der Waals surface area contributed by atoms with Crippen molar-refractivity contribution in [2.24, 2.45) is 0 Å². The van der Waals surface area contributed by atoms with Gasteiger partial charge in [0.1, 0.15) is 6.61 Å². The topological polar surface area (TPSA) is 30.5 Å². The summed E-state index contributed by atoms with van der Waals surface area (Å²) in [7, 11) is 1.64. The van der Waals surface area contributed by atoms with Crippen LogP contribution in [0, 0.1) is 0 Å². The summed E-state index contributed by atoms with van der Waals surface area (Å²) >= 11 is 6.00. The number of ether oxygens (including phenoxy) is 2. The van der Waals surface area contributed by atoms with Gasteiger partial charge in [-0.15, -0.1) is 0 Å². The van der Waals surface area contributed by atoms with E-state index in [0.717, 1.165) is 23.1 Å². The second kappa shape index (κ2) is 7.91. The summed E-state index contributed by atoms with van der Waals surface area (Å²) in [6, 6.07) is 15.7. The monoisotopic (exact) mass is 305 g/mol. The van der Waals surface area contributed by atoms with Crippen molar-refractivity contribution in [2.75, 3.05) is 20.3 Å². The number of methoxy groups -OCH3 is 1. The van der Waals surface area contributed by atoms with Gasteiger partial charge in [0.15, 0.2) is 11.5 Å². The molecule has 0 fully saturated rings. The Morgan fingerprint density at radius 1 is 1.10 bits per heavy atom. The average Bonchev–Trinajstić information content (AvgIpc) is 2.51. The maximum atomic E-state index is 6.00. The maximum Gasteiger partial charge on any atom is 0.161 e. The van der Waals surface area contributed by atoms with Crippen LogP contribution in [-0.2, 0) is 0 Å². The van der Waals surface area contributed by atoms with Gasteiger partial charge in [-0.2, -0.15) is 0 Å². The van der Waals surface area contributed by atoms with Gasteiger partial charge in [-0.3, -0.25) is 0 Å². The van der Waals surface area contributed by atoms with Crippen molar-refractivity contribution in [2.45, 2.75) is 13.0 Å². The minimum absolute atomic E-state index is 0.227. The fourth-order valence-electron chi connectivity index (χ4n) is 2.07. The molecule has 0 aliphatic carbocycles. The molecule has 0 spiro atoms. The van der Waals surface area contributed by atoms with Crippen LogP contribution in [0.15, 0.2) is 48.5 Å². The first-order chi connectivity index (χ1) is 10.2. The van der Waals surface area contributed by atoms with Gasteiger partial charge in [0.05, 0.1) is 7.11 Å². The van der Waals surface area contributed by atoms with Crippen molar-refractivity contribution < 1.29 is 9.47 Å². The molecule has 0 amide bonds. The summed E-state index contributed by atoms with van der Waals surface area (Å²) in [5.41, 5.74) is 1.17. The van der Waals surface area contributed by atoms with Gasteiger partial charge in [0.2, 0.25) is 0 Å². The summed E-state index contributed by atoms with van der Waals surface area (Å²) in [5.74, 6) is 1.51. The maximum absolute atomic E-state index is 6.00. The Morgan fingerprint density at radius 2 is 1.86 bits per heavy atom. The van der Waals surface area contributed by atoms with Crippen LogP contribution in [0.3, 0.4) is 0 Å². The highest BCUT2D eigenvalue weighted by Crippen LogP contribution is 2.25. The number of halogens is 1. The molecular weight excluding hydrogens is 286 g/mol. The third kappa shape index (κ3) is 4.66. The highest BCUT2D eigenvalue weighted by molar-refractivity contribution is 6.30. The molecule has 1 N–H and O–H groups in total. The second-order valence-electron chi connectivity index (χ2n) is 4.73. The van der Waals surface area contributed by atoms with Gasteiger partial charge >= 0.3 is 0 Å². The normalized spacial score (nSPS) is 12.0. The molecule has 1 atom stereocenters. The molecule has 4 heteroatoms. The van der Waals surface area contributed by atoms with Crippen LogP contribution in [0.25, 0.3) is 0 Å². The van der Waals surface area contributed by atoms with Gasteiger partial charge in [-0.25, -0.2) is 0 Å². The van der Waals surface area contributed by atoms with Gasteiger partial charge in [0.25, 0.3) is 0 Å². The highest BCUT2D eigenvalue weighted by Gasteiger charge is 2.06. The molecule has 0 aliphatic heterocycles. The van der Waals surface area contributed by atoms with E-state index in [2.05, 4.69) is 18.3 Å².